The lowest BCUT2D eigenvalue weighted by molar-refractivity contribution is -0.145. The van der Waals surface area contributed by atoms with E-state index in [-0.39, 0.29) is 24.9 Å². The molecule has 1 atom stereocenters. The van der Waals surface area contributed by atoms with E-state index in [9.17, 15) is 14.4 Å². The highest BCUT2D eigenvalue weighted by molar-refractivity contribution is 7.17. The summed E-state index contributed by atoms with van der Waals surface area (Å²) in [6, 6.07) is 3.26. The van der Waals surface area contributed by atoms with Crippen molar-refractivity contribution in [3.05, 3.63) is 21.3 Å². The maximum Gasteiger partial charge on any atom is 0.308 e. The van der Waals surface area contributed by atoms with Crippen LogP contribution in [0.25, 0.3) is 0 Å². The van der Waals surface area contributed by atoms with Gasteiger partial charge in [0.05, 0.1) is 21.7 Å². The number of hydrogen-bond acceptors (Lipinski definition) is 4. The number of thiophene rings is 1. The minimum atomic E-state index is -0.879. The molecule has 1 fully saturated rings. The first kappa shape index (κ1) is 16.8. The Hall–Kier alpha value is -1.60. The van der Waals surface area contributed by atoms with Crippen molar-refractivity contribution in [3.63, 3.8) is 0 Å². The number of rotatable bonds is 4. The van der Waals surface area contributed by atoms with E-state index < -0.39 is 11.9 Å². The topological polar surface area (TPSA) is 77.9 Å². The van der Waals surface area contributed by atoms with Crippen LogP contribution in [0.3, 0.4) is 0 Å². The SMILES string of the molecule is CN(CC(=O)N1CCC[C@@H](C(=O)O)C1)C(=O)c1ccc(Cl)s1. The Morgan fingerprint density at radius 3 is 2.77 bits per heavy atom. The second-order valence-electron chi connectivity index (χ2n) is 5.28. The number of piperidine rings is 1. The molecule has 1 saturated heterocycles. The molecule has 1 aromatic rings. The van der Waals surface area contributed by atoms with Gasteiger partial charge in [0, 0.05) is 20.1 Å². The molecule has 0 radical (unpaired) electrons. The van der Waals surface area contributed by atoms with Crippen molar-refractivity contribution in [1.82, 2.24) is 9.80 Å². The number of carbonyl (C=O) groups excluding carboxylic acids is 2. The minimum Gasteiger partial charge on any atom is -0.481 e. The molecule has 0 unspecified atom stereocenters. The van der Waals surface area contributed by atoms with Crippen LogP contribution in [0.4, 0.5) is 0 Å². The standard InChI is InChI=1S/C14H17ClN2O4S/c1-16(13(19)10-4-5-11(15)22-10)8-12(18)17-6-2-3-9(7-17)14(20)21/h4-5,9H,2-3,6-8H2,1H3,(H,20,21)/t9-/m1/s1. The van der Waals surface area contributed by atoms with Crippen molar-refractivity contribution in [1.29, 1.82) is 0 Å². The molecule has 0 saturated carbocycles. The number of carboxylic acids is 1. The van der Waals surface area contributed by atoms with Gasteiger partial charge < -0.3 is 14.9 Å². The van der Waals surface area contributed by atoms with E-state index in [1.807, 2.05) is 0 Å². The maximum atomic E-state index is 12.2. The zero-order valence-corrected chi connectivity index (χ0v) is 13.7. The Balaban J connectivity index is 1.93. The van der Waals surface area contributed by atoms with Crippen LogP contribution >= 0.6 is 22.9 Å². The second kappa shape index (κ2) is 7.11. The number of aliphatic carboxylic acids is 1. The highest BCUT2D eigenvalue weighted by Crippen LogP contribution is 2.22. The number of nitrogens with zero attached hydrogens (tertiary/aromatic N) is 2. The van der Waals surface area contributed by atoms with Gasteiger partial charge in [0.25, 0.3) is 5.91 Å². The fourth-order valence-corrected chi connectivity index (χ4v) is 3.44. The van der Waals surface area contributed by atoms with Gasteiger partial charge in [0.1, 0.15) is 0 Å². The van der Waals surface area contributed by atoms with Gasteiger partial charge in [0.2, 0.25) is 5.91 Å². The van der Waals surface area contributed by atoms with Gasteiger partial charge in [0.15, 0.2) is 0 Å². The van der Waals surface area contributed by atoms with E-state index in [1.165, 1.54) is 9.80 Å². The first-order valence-corrected chi connectivity index (χ1v) is 8.09. The first-order chi connectivity index (χ1) is 10.4. The van der Waals surface area contributed by atoms with Crippen molar-refractivity contribution in [2.24, 2.45) is 5.92 Å². The highest BCUT2D eigenvalue weighted by Gasteiger charge is 2.29. The summed E-state index contributed by atoms with van der Waals surface area (Å²) in [5.41, 5.74) is 0. The first-order valence-electron chi connectivity index (χ1n) is 6.90. The molecule has 1 aromatic heterocycles. The van der Waals surface area contributed by atoms with Gasteiger partial charge in [-0.2, -0.15) is 0 Å². The van der Waals surface area contributed by atoms with E-state index in [0.717, 1.165) is 11.3 Å². The normalized spacial score (nSPS) is 18.1. The monoisotopic (exact) mass is 344 g/mol. The summed E-state index contributed by atoms with van der Waals surface area (Å²) < 4.78 is 0.517. The third kappa shape index (κ3) is 3.98. The summed E-state index contributed by atoms with van der Waals surface area (Å²) in [6.45, 7) is 0.678. The number of hydrogen-bond donors (Lipinski definition) is 1. The molecule has 2 heterocycles. The molecule has 1 aliphatic rings. The molecule has 120 valence electrons. The molecule has 6 nitrogen and oxygen atoms in total. The van der Waals surface area contributed by atoms with Crippen molar-refractivity contribution < 1.29 is 19.5 Å². The van der Waals surface area contributed by atoms with Crippen LogP contribution < -0.4 is 0 Å². The molecule has 1 N–H and O–H groups in total. The largest absolute Gasteiger partial charge is 0.481 e. The van der Waals surface area contributed by atoms with E-state index in [1.54, 1.807) is 19.2 Å². The lowest BCUT2D eigenvalue weighted by Gasteiger charge is -2.31. The van der Waals surface area contributed by atoms with Gasteiger partial charge in [-0.25, -0.2) is 0 Å². The number of likely N-dealkylation sites (N-methyl/N-ethyl adjacent to an activating group) is 1. The lowest BCUT2D eigenvalue weighted by atomic mass is 9.98. The molecule has 0 aliphatic carbocycles. The van der Waals surface area contributed by atoms with E-state index >= 15 is 0 Å². The fraction of sp³-hybridized carbons (Fsp3) is 0.500. The van der Waals surface area contributed by atoms with Gasteiger partial charge in [-0.1, -0.05) is 11.6 Å². The predicted molar refractivity (Wildman–Crippen MR) is 83.2 cm³/mol. The molecular formula is C14H17ClN2O4S. The smallest absolute Gasteiger partial charge is 0.308 e. The second-order valence-corrected chi connectivity index (χ2v) is 7.00. The Morgan fingerprint density at radius 1 is 1.45 bits per heavy atom. The molecule has 0 bridgehead atoms. The molecule has 8 heteroatoms. The summed E-state index contributed by atoms with van der Waals surface area (Å²) in [6.07, 6.45) is 1.25. The summed E-state index contributed by atoms with van der Waals surface area (Å²) >= 11 is 6.96. The van der Waals surface area contributed by atoms with E-state index in [4.69, 9.17) is 16.7 Å². The zero-order valence-electron chi connectivity index (χ0n) is 12.1. The van der Waals surface area contributed by atoms with Crippen LogP contribution in [0, 0.1) is 5.92 Å². The number of carboxylic acid groups (broad SMARTS) is 1. The Morgan fingerprint density at radius 2 is 2.18 bits per heavy atom. The zero-order chi connectivity index (χ0) is 16.3. The van der Waals surface area contributed by atoms with Gasteiger partial charge in [-0.05, 0) is 25.0 Å². The molecule has 22 heavy (non-hydrogen) atoms. The third-order valence-corrected chi connectivity index (χ3v) is 4.85. The lowest BCUT2D eigenvalue weighted by Crippen LogP contribution is -2.46. The van der Waals surface area contributed by atoms with Crippen molar-refractivity contribution in [2.75, 3.05) is 26.7 Å². The molecule has 0 aromatic carbocycles. The van der Waals surface area contributed by atoms with Crippen molar-refractivity contribution in [3.8, 4) is 0 Å². The van der Waals surface area contributed by atoms with Crippen LogP contribution in [0.15, 0.2) is 12.1 Å². The fourth-order valence-electron chi connectivity index (χ4n) is 2.40. The maximum absolute atomic E-state index is 12.2. The van der Waals surface area contributed by atoms with Gasteiger partial charge in [-0.15, -0.1) is 11.3 Å². The molecule has 2 rings (SSSR count). The molecular weight excluding hydrogens is 328 g/mol. The average molecular weight is 345 g/mol. The molecule has 0 spiro atoms. The van der Waals surface area contributed by atoms with Crippen LogP contribution in [0.1, 0.15) is 22.5 Å². The summed E-state index contributed by atoms with van der Waals surface area (Å²) in [7, 11) is 1.55. The van der Waals surface area contributed by atoms with Crippen molar-refractivity contribution >= 4 is 40.7 Å². The Kier molecular flexibility index (Phi) is 5.42. The quantitative estimate of drug-likeness (QED) is 0.903. The van der Waals surface area contributed by atoms with E-state index in [2.05, 4.69) is 0 Å². The Labute approximate surface area is 137 Å². The predicted octanol–water partition coefficient (Wildman–Crippen LogP) is 1.80. The number of amides is 2. The highest BCUT2D eigenvalue weighted by atomic mass is 35.5. The van der Waals surface area contributed by atoms with Crippen LogP contribution in [0.2, 0.25) is 4.34 Å². The van der Waals surface area contributed by atoms with Gasteiger partial charge >= 0.3 is 5.97 Å². The number of carbonyl (C=O) groups is 3. The van der Waals surface area contributed by atoms with Crippen LogP contribution in [-0.4, -0.2) is 59.4 Å². The molecule has 1 aliphatic heterocycles. The van der Waals surface area contributed by atoms with E-state index in [0.29, 0.717) is 28.6 Å². The molecule has 2 amide bonds. The van der Waals surface area contributed by atoms with Crippen LogP contribution in [-0.2, 0) is 9.59 Å². The van der Waals surface area contributed by atoms with Crippen LogP contribution in [0.5, 0.6) is 0 Å². The van der Waals surface area contributed by atoms with Gasteiger partial charge in [-0.3, -0.25) is 14.4 Å². The Bertz CT molecular complexity index is 589. The number of halogens is 1. The summed E-state index contributed by atoms with van der Waals surface area (Å²) in [5, 5.41) is 9.05. The summed E-state index contributed by atoms with van der Waals surface area (Å²) in [5.74, 6) is -1.90. The average Bonchev–Trinajstić information content (AvgIpc) is 2.93. The van der Waals surface area contributed by atoms with Crippen molar-refractivity contribution in [2.45, 2.75) is 12.8 Å². The number of likely N-dealkylation sites (tertiary alicyclic amines) is 1. The minimum absolute atomic E-state index is 0.0688. The summed E-state index contributed by atoms with van der Waals surface area (Å²) in [4.78, 5) is 38.7. The third-order valence-electron chi connectivity index (χ3n) is 3.63.